The van der Waals surface area contributed by atoms with Gasteiger partial charge in [0.25, 0.3) is 5.91 Å². The summed E-state index contributed by atoms with van der Waals surface area (Å²) in [4.78, 5) is 11.4. The van der Waals surface area contributed by atoms with Crippen molar-refractivity contribution in [3.05, 3.63) is 23.8 Å². The standard InChI is InChI=1S/C14H22N2O2/c1-4-10(5-2)9-18-13-7-6-11(8-12(13)15)14(17)16-3/h6-8,10H,4-5,9,15H2,1-3H3,(H,16,17). The van der Waals surface area contributed by atoms with Gasteiger partial charge in [-0.2, -0.15) is 0 Å². The van der Waals surface area contributed by atoms with Crippen LogP contribution in [0.2, 0.25) is 0 Å². The van der Waals surface area contributed by atoms with E-state index in [1.54, 1.807) is 25.2 Å². The first-order valence-electron chi connectivity index (χ1n) is 6.36. The van der Waals surface area contributed by atoms with Crippen LogP contribution in [0.15, 0.2) is 18.2 Å². The van der Waals surface area contributed by atoms with E-state index in [9.17, 15) is 4.79 Å². The Morgan fingerprint density at radius 3 is 2.56 bits per heavy atom. The second kappa shape index (κ2) is 6.89. The summed E-state index contributed by atoms with van der Waals surface area (Å²) < 4.78 is 5.69. The molecule has 0 aromatic heterocycles. The van der Waals surface area contributed by atoms with Crippen LogP contribution >= 0.6 is 0 Å². The highest BCUT2D eigenvalue weighted by Gasteiger charge is 2.09. The van der Waals surface area contributed by atoms with Crippen molar-refractivity contribution in [2.24, 2.45) is 5.92 Å². The lowest BCUT2D eigenvalue weighted by molar-refractivity contribution is 0.0963. The summed E-state index contributed by atoms with van der Waals surface area (Å²) in [6.07, 6.45) is 2.18. The fourth-order valence-corrected chi connectivity index (χ4v) is 1.70. The number of nitrogens with two attached hydrogens (primary N) is 1. The zero-order chi connectivity index (χ0) is 13.5. The Morgan fingerprint density at radius 2 is 2.06 bits per heavy atom. The van der Waals surface area contributed by atoms with E-state index in [2.05, 4.69) is 19.2 Å². The summed E-state index contributed by atoms with van der Waals surface area (Å²) in [6.45, 7) is 4.96. The van der Waals surface area contributed by atoms with E-state index in [1.807, 2.05) is 0 Å². The van der Waals surface area contributed by atoms with Crippen molar-refractivity contribution < 1.29 is 9.53 Å². The number of rotatable bonds is 6. The minimum absolute atomic E-state index is 0.145. The van der Waals surface area contributed by atoms with Gasteiger partial charge in [0.15, 0.2) is 0 Å². The molecule has 1 aromatic rings. The van der Waals surface area contributed by atoms with Gasteiger partial charge in [0.2, 0.25) is 0 Å². The zero-order valence-electron chi connectivity index (χ0n) is 11.3. The first-order valence-corrected chi connectivity index (χ1v) is 6.36. The Bertz CT molecular complexity index is 401. The summed E-state index contributed by atoms with van der Waals surface area (Å²) in [5.74, 6) is 1.05. The van der Waals surface area contributed by atoms with Crippen LogP contribution < -0.4 is 15.8 Å². The van der Waals surface area contributed by atoms with Crippen LogP contribution in [0.1, 0.15) is 37.0 Å². The van der Waals surface area contributed by atoms with Gasteiger partial charge in [0, 0.05) is 12.6 Å². The number of carbonyl (C=O) groups is 1. The minimum Gasteiger partial charge on any atom is -0.491 e. The van der Waals surface area contributed by atoms with E-state index in [0.29, 0.717) is 29.5 Å². The van der Waals surface area contributed by atoms with Crippen LogP contribution in [0.3, 0.4) is 0 Å². The molecule has 3 N–H and O–H groups in total. The lowest BCUT2D eigenvalue weighted by atomic mass is 10.1. The lowest BCUT2D eigenvalue weighted by Gasteiger charge is -2.15. The molecule has 0 heterocycles. The molecule has 1 amide bonds. The van der Waals surface area contributed by atoms with Gasteiger partial charge in [-0.05, 0) is 24.1 Å². The predicted octanol–water partition coefficient (Wildman–Crippen LogP) is 2.44. The molecule has 0 aliphatic rings. The van der Waals surface area contributed by atoms with Crippen LogP contribution in [0.5, 0.6) is 5.75 Å². The number of hydrogen-bond donors (Lipinski definition) is 2. The molecule has 4 nitrogen and oxygen atoms in total. The molecule has 0 saturated carbocycles. The second-order valence-corrected chi connectivity index (χ2v) is 4.33. The summed E-state index contributed by atoms with van der Waals surface area (Å²) in [6, 6.07) is 5.11. The Hall–Kier alpha value is -1.71. The third-order valence-corrected chi connectivity index (χ3v) is 3.13. The summed E-state index contributed by atoms with van der Waals surface area (Å²) in [7, 11) is 1.59. The Morgan fingerprint density at radius 1 is 1.39 bits per heavy atom. The second-order valence-electron chi connectivity index (χ2n) is 4.33. The number of benzene rings is 1. The zero-order valence-corrected chi connectivity index (χ0v) is 11.3. The number of nitrogen functional groups attached to an aromatic ring is 1. The molecule has 0 saturated heterocycles. The predicted molar refractivity (Wildman–Crippen MR) is 73.8 cm³/mol. The fraction of sp³-hybridized carbons (Fsp3) is 0.500. The molecule has 18 heavy (non-hydrogen) atoms. The van der Waals surface area contributed by atoms with Crippen LogP contribution in [-0.4, -0.2) is 19.6 Å². The van der Waals surface area contributed by atoms with E-state index in [-0.39, 0.29) is 5.91 Å². The molecule has 4 heteroatoms. The van der Waals surface area contributed by atoms with Crippen molar-refractivity contribution >= 4 is 11.6 Å². The van der Waals surface area contributed by atoms with Gasteiger partial charge in [-0.25, -0.2) is 0 Å². The maximum Gasteiger partial charge on any atom is 0.251 e. The lowest BCUT2D eigenvalue weighted by Crippen LogP contribution is -2.18. The maximum atomic E-state index is 11.4. The molecule has 0 aliphatic heterocycles. The van der Waals surface area contributed by atoms with Gasteiger partial charge >= 0.3 is 0 Å². The topological polar surface area (TPSA) is 64.3 Å². The molecule has 0 spiro atoms. The van der Waals surface area contributed by atoms with Gasteiger partial charge in [0.1, 0.15) is 5.75 Å². The average Bonchev–Trinajstić information content (AvgIpc) is 2.40. The molecule has 0 unspecified atom stereocenters. The number of ether oxygens (including phenoxy) is 1. The Labute approximate surface area is 109 Å². The van der Waals surface area contributed by atoms with Crippen molar-refractivity contribution in [1.29, 1.82) is 0 Å². The van der Waals surface area contributed by atoms with Crippen molar-refractivity contribution in [2.75, 3.05) is 19.4 Å². The number of hydrogen-bond acceptors (Lipinski definition) is 3. The third kappa shape index (κ3) is 3.65. The number of anilines is 1. The number of carbonyl (C=O) groups excluding carboxylic acids is 1. The molecule has 0 aliphatic carbocycles. The molecular weight excluding hydrogens is 228 g/mol. The van der Waals surface area contributed by atoms with Crippen LogP contribution in [-0.2, 0) is 0 Å². The molecule has 0 fully saturated rings. The van der Waals surface area contributed by atoms with E-state index in [1.165, 1.54) is 0 Å². The first kappa shape index (κ1) is 14.4. The summed E-state index contributed by atoms with van der Waals surface area (Å²) >= 11 is 0. The van der Waals surface area contributed by atoms with Crippen LogP contribution in [0.25, 0.3) is 0 Å². The van der Waals surface area contributed by atoms with E-state index >= 15 is 0 Å². The van der Waals surface area contributed by atoms with Gasteiger partial charge in [0.05, 0.1) is 12.3 Å². The van der Waals surface area contributed by atoms with E-state index < -0.39 is 0 Å². The van der Waals surface area contributed by atoms with Crippen molar-refractivity contribution in [2.45, 2.75) is 26.7 Å². The smallest absolute Gasteiger partial charge is 0.251 e. The number of nitrogens with one attached hydrogen (secondary N) is 1. The first-order chi connectivity index (χ1) is 8.62. The molecule has 0 bridgehead atoms. The molecule has 100 valence electrons. The van der Waals surface area contributed by atoms with E-state index in [4.69, 9.17) is 10.5 Å². The normalized spacial score (nSPS) is 10.4. The maximum absolute atomic E-state index is 11.4. The van der Waals surface area contributed by atoms with Gasteiger partial charge in [-0.15, -0.1) is 0 Å². The quantitative estimate of drug-likeness (QED) is 0.762. The third-order valence-electron chi connectivity index (χ3n) is 3.13. The highest BCUT2D eigenvalue weighted by molar-refractivity contribution is 5.95. The van der Waals surface area contributed by atoms with Crippen LogP contribution in [0, 0.1) is 5.92 Å². The van der Waals surface area contributed by atoms with Crippen molar-refractivity contribution in [3.63, 3.8) is 0 Å². The summed E-state index contributed by atoms with van der Waals surface area (Å²) in [5, 5.41) is 2.56. The van der Waals surface area contributed by atoms with Gasteiger partial charge in [-0.3, -0.25) is 4.79 Å². The van der Waals surface area contributed by atoms with Crippen molar-refractivity contribution in [3.8, 4) is 5.75 Å². The molecule has 1 aromatic carbocycles. The average molecular weight is 250 g/mol. The van der Waals surface area contributed by atoms with Crippen LogP contribution in [0.4, 0.5) is 5.69 Å². The SMILES string of the molecule is CCC(CC)COc1ccc(C(=O)NC)cc1N. The fourth-order valence-electron chi connectivity index (χ4n) is 1.70. The van der Waals surface area contributed by atoms with Gasteiger partial charge < -0.3 is 15.8 Å². The highest BCUT2D eigenvalue weighted by Crippen LogP contribution is 2.23. The summed E-state index contributed by atoms with van der Waals surface area (Å²) in [5.41, 5.74) is 6.93. The monoisotopic (exact) mass is 250 g/mol. The molecule has 1 rings (SSSR count). The Kier molecular flexibility index (Phi) is 5.49. The molecule has 0 radical (unpaired) electrons. The largest absolute Gasteiger partial charge is 0.491 e. The number of amides is 1. The molecule has 0 atom stereocenters. The Balaban J connectivity index is 2.71. The van der Waals surface area contributed by atoms with Gasteiger partial charge in [-0.1, -0.05) is 26.7 Å². The minimum atomic E-state index is -0.145. The van der Waals surface area contributed by atoms with E-state index in [0.717, 1.165) is 12.8 Å². The highest BCUT2D eigenvalue weighted by atomic mass is 16.5. The van der Waals surface area contributed by atoms with Crippen molar-refractivity contribution in [1.82, 2.24) is 5.32 Å². The molecular formula is C14H22N2O2.